The van der Waals surface area contributed by atoms with Crippen LogP contribution < -0.4 is 8.91 Å². The zero-order chi connectivity index (χ0) is 35.2. The van der Waals surface area contributed by atoms with Gasteiger partial charge in [-0.15, -0.1) is 0 Å². The lowest BCUT2D eigenvalue weighted by Gasteiger charge is -2.32. The second kappa shape index (κ2) is 12.9. The third kappa shape index (κ3) is 6.31. The molecule has 7 aromatic rings. The van der Waals surface area contributed by atoms with Crippen molar-refractivity contribution in [3.8, 4) is 5.75 Å². The van der Waals surface area contributed by atoms with Crippen LogP contribution in [0.5, 0.6) is 5.75 Å². The highest BCUT2D eigenvalue weighted by Crippen LogP contribution is 2.27. The van der Waals surface area contributed by atoms with Crippen LogP contribution in [0.1, 0.15) is 11.3 Å². The Labute approximate surface area is 294 Å². The summed E-state index contributed by atoms with van der Waals surface area (Å²) >= 11 is 0. The van der Waals surface area contributed by atoms with Crippen LogP contribution in [0.25, 0.3) is 32.4 Å². The maximum Gasteiger partial charge on any atom is 0.357 e. The molecule has 1 amide bonds. The molecule has 0 fully saturated rings. The third-order valence-electron chi connectivity index (χ3n) is 9.08. The predicted molar refractivity (Wildman–Crippen MR) is 193 cm³/mol. The van der Waals surface area contributed by atoms with Gasteiger partial charge in [-0.2, -0.15) is 13.1 Å². The molecule has 0 bridgehead atoms. The van der Waals surface area contributed by atoms with Crippen molar-refractivity contribution in [3.05, 3.63) is 139 Å². The van der Waals surface area contributed by atoms with E-state index in [2.05, 4.69) is 25.3 Å². The Bertz CT molecular complexity index is 2670. The molecule has 8 rings (SSSR count). The first-order valence-electron chi connectivity index (χ1n) is 16.3. The topological polar surface area (TPSA) is 141 Å². The summed E-state index contributed by atoms with van der Waals surface area (Å²) in [5, 5.41) is 2.97. The highest BCUT2D eigenvalue weighted by Gasteiger charge is 2.33. The number of nitrogens with one attached hydrogen (secondary N) is 1. The quantitative estimate of drug-likeness (QED) is 0.195. The molecule has 11 nitrogen and oxygen atoms in total. The maximum atomic E-state index is 14.3. The molecule has 1 aliphatic heterocycles. The second-order valence-corrected chi connectivity index (χ2v) is 15.4. The molecule has 256 valence electrons. The van der Waals surface area contributed by atoms with E-state index in [0.717, 1.165) is 16.6 Å². The maximum absolute atomic E-state index is 14.3. The number of rotatable bonds is 9. The van der Waals surface area contributed by atoms with Crippen molar-refractivity contribution in [1.29, 1.82) is 0 Å². The molecule has 1 N–H and O–H groups in total. The molecule has 4 aromatic carbocycles. The summed E-state index contributed by atoms with van der Waals surface area (Å²) < 4.78 is 64.7. The van der Waals surface area contributed by atoms with Crippen molar-refractivity contribution in [1.82, 2.24) is 24.2 Å². The number of fused-ring (bicyclic) bond motifs is 5. The molecule has 0 saturated heterocycles. The summed E-state index contributed by atoms with van der Waals surface area (Å²) in [6, 6.07) is 32.5. The normalized spacial score (nSPS) is 14.1. The average molecular weight is 718 g/mol. The van der Waals surface area contributed by atoms with Crippen molar-refractivity contribution in [3.63, 3.8) is 0 Å². The molecule has 1 aliphatic rings. The van der Waals surface area contributed by atoms with E-state index in [1.165, 1.54) is 24.5 Å². The van der Waals surface area contributed by atoms with E-state index in [4.69, 9.17) is 4.18 Å². The molecule has 0 spiro atoms. The number of benzene rings is 4. The zero-order valence-corrected chi connectivity index (χ0v) is 28.7. The van der Waals surface area contributed by atoms with Gasteiger partial charge in [-0.3, -0.25) is 4.79 Å². The van der Waals surface area contributed by atoms with E-state index in [1.807, 2.05) is 30.3 Å². The van der Waals surface area contributed by atoms with E-state index in [9.17, 15) is 21.6 Å². The average Bonchev–Trinajstić information content (AvgIpc) is 3.52. The minimum Gasteiger partial charge on any atom is -0.378 e. The Balaban J connectivity index is 1.08. The van der Waals surface area contributed by atoms with Crippen molar-refractivity contribution in [2.75, 3.05) is 6.54 Å². The SMILES string of the molecule is O=C(C(Cc1ccc(OS(=O)(=O)c2nccc3ccccc23)cc1)NS(=O)(=O)c1nccc2ccccc12)N1CCn2c(cc3ccccc32)C1. The van der Waals surface area contributed by atoms with Crippen molar-refractivity contribution < 1.29 is 25.8 Å². The van der Waals surface area contributed by atoms with Crippen LogP contribution >= 0.6 is 0 Å². The van der Waals surface area contributed by atoms with E-state index in [-0.39, 0.29) is 28.1 Å². The lowest BCUT2D eigenvalue weighted by atomic mass is 10.0. The van der Waals surface area contributed by atoms with Crippen LogP contribution in [0, 0.1) is 0 Å². The Morgan fingerprint density at radius 2 is 1.33 bits per heavy atom. The molecule has 1 atom stereocenters. The van der Waals surface area contributed by atoms with Gasteiger partial charge in [-0.1, -0.05) is 78.9 Å². The molecular weight excluding hydrogens is 687 g/mol. The number of amides is 1. The number of sulfonamides is 1. The van der Waals surface area contributed by atoms with Gasteiger partial charge in [-0.05, 0) is 64.5 Å². The molecule has 3 aromatic heterocycles. The fourth-order valence-electron chi connectivity index (χ4n) is 6.67. The number of hydrogen-bond donors (Lipinski definition) is 1. The fourth-order valence-corrected chi connectivity index (χ4v) is 9.10. The van der Waals surface area contributed by atoms with Gasteiger partial charge < -0.3 is 13.7 Å². The Morgan fingerprint density at radius 1 is 0.725 bits per heavy atom. The van der Waals surface area contributed by atoms with Gasteiger partial charge in [0.15, 0.2) is 5.03 Å². The number of pyridine rings is 2. The fraction of sp³-hybridized carbons (Fsp3) is 0.132. The van der Waals surface area contributed by atoms with Crippen LogP contribution in [0.15, 0.2) is 138 Å². The Hall–Kier alpha value is -5.63. The van der Waals surface area contributed by atoms with Gasteiger partial charge >= 0.3 is 10.1 Å². The summed E-state index contributed by atoms with van der Waals surface area (Å²) in [4.78, 5) is 24.2. The van der Waals surface area contributed by atoms with Crippen molar-refractivity contribution in [2.45, 2.75) is 35.6 Å². The number of hydrogen-bond acceptors (Lipinski definition) is 8. The first kappa shape index (κ1) is 32.6. The minimum atomic E-state index is -4.28. The number of aromatic nitrogens is 3. The molecule has 51 heavy (non-hydrogen) atoms. The summed E-state index contributed by atoms with van der Waals surface area (Å²) in [6.07, 6.45) is 2.83. The van der Waals surface area contributed by atoms with Gasteiger partial charge in [-0.25, -0.2) is 18.4 Å². The number of carbonyl (C=O) groups is 1. The second-order valence-electron chi connectivity index (χ2n) is 12.3. The molecule has 4 heterocycles. The standard InChI is InChI=1S/C38H31N5O6S2/c44-38(42-21-22-43-30(25-42)24-29-9-3-6-12-35(29)43)34(41-50(45,46)36-32-10-4-1-7-27(32)17-19-39-36)23-26-13-15-31(16-14-26)49-51(47,48)37-33-11-5-2-8-28(33)18-20-40-37/h1-20,24,34,41H,21-23,25H2. The highest BCUT2D eigenvalue weighted by atomic mass is 32.2. The number of para-hydroxylation sites is 1. The van der Waals surface area contributed by atoms with Gasteiger partial charge in [0.2, 0.25) is 10.9 Å². The predicted octanol–water partition coefficient (Wildman–Crippen LogP) is 5.44. The minimum absolute atomic E-state index is 0.0137. The molecule has 0 saturated carbocycles. The molecular formula is C38H31N5O6S2. The molecule has 0 radical (unpaired) electrons. The Morgan fingerprint density at radius 3 is 2.04 bits per heavy atom. The van der Waals surface area contributed by atoms with Crippen LogP contribution in [0.4, 0.5) is 0 Å². The third-order valence-corrected chi connectivity index (χ3v) is 11.7. The van der Waals surface area contributed by atoms with Gasteiger partial charge in [0, 0.05) is 47.5 Å². The van der Waals surface area contributed by atoms with Crippen molar-refractivity contribution >= 4 is 58.5 Å². The first-order chi connectivity index (χ1) is 24.7. The highest BCUT2D eigenvalue weighted by molar-refractivity contribution is 7.89. The first-order valence-corrected chi connectivity index (χ1v) is 19.1. The van der Waals surface area contributed by atoms with Crippen LogP contribution in [-0.4, -0.2) is 54.8 Å². The van der Waals surface area contributed by atoms with Crippen LogP contribution in [0.3, 0.4) is 0 Å². The molecule has 0 aliphatic carbocycles. The molecule has 1 unspecified atom stereocenters. The van der Waals surface area contributed by atoms with Crippen LogP contribution in [-0.2, 0) is 44.4 Å². The summed E-state index contributed by atoms with van der Waals surface area (Å²) in [7, 11) is -8.56. The monoisotopic (exact) mass is 717 g/mol. The smallest absolute Gasteiger partial charge is 0.357 e. The van der Waals surface area contributed by atoms with Gasteiger partial charge in [0.25, 0.3) is 10.0 Å². The van der Waals surface area contributed by atoms with E-state index >= 15 is 0 Å². The van der Waals surface area contributed by atoms with Gasteiger partial charge in [0.05, 0.1) is 6.54 Å². The number of carbonyl (C=O) groups excluding carboxylic acids is 1. The lowest BCUT2D eigenvalue weighted by molar-refractivity contribution is -0.134. The zero-order valence-electron chi connectivity index (χ0n) is 27.1. The summed E-state index contributed by atoms with van der Waals surface area (Å²) in [6.45, 7) is 1.26. The molecule has 13 heteroatoms. The summed E-state index contributed by atoms with van der Waals surface area (Å²) in [5.41, 5.74) is 2.62. The van der Waals surface area contributed by atoms with Crippen LogP contribution in [0.2, 0.25) is 0 Å². The van der Waals surface area contributed by atoms with E-state index in [0.29, 0.717) is 46.7 Å². The van der Waals surface area contributed by atoms with Crippen molar-refractivity contribution in [2.24, 2.45) is 0 Å². The summed E-state index contributed by atoms with van der Waals surface area (Å²) in [5.74, 6) is -0.346. The lowest BCUT2D eigenvalue weighted by Crippen LogP contribution is -2.51. The largest absolute Gasteiger partial charge is 0.378 e. The number of nitrogens with zero attached hydrogens (tertiary/aromatic N) is 4. The van der Waals surface area contributed by atoms with E-state index in [1.54, 1.807) is 71.6 Å². The van der Waals surface area contributed by atoms with Gasteiger partial charge in [0.1, 0.15) is 11.8 Å². The Kier molecular flexibility index (Phi) is 8.25. The van der Waals surface area contributed by atoms with E-state index < -0.39 is 26.2 Å².